The van der Waals surface area contributed by atoms with Crippen molar-refractivity contribution >= 4 is 34.7 Å². The van der Waals surface area contributed by atoms with E-state index in [9.17, 15) is 4.79 Å². The van der Waals surface area contributed by atoms with E-state index >= 15 is 0 Å². The standard InChI is InChI=1S/C21H22ClN5O4/c1-5-31-16-11-6-8-13(23-16)21(28)25-20-17(12(2)19(22)26-27-20)24-18-14(29-3)9-7-10-15(18)30-4/h6-11H,5H2,1-4H3,(H,24,26)(H,25,27,28). The van der Waals surface area contributed by atoms with Crippen molar-refractivity contribution in [2.24, 2.45) is 0 Å². The van der Waals surface area contributed by atoms with Crippen LogP contribution in [0.1, 0.15) is 23.0 Å². The van der Waals surface area contributed by atoms with E-state index in [1.807, 2.05) is 6.92 Å². The number of rotatable bonds is 8. The number of hydrogen-bond donors (Lipinski definition) is 2. The Labute approximate surface area is 184 Å². The number of anilines is 3. The summed E-state index contributed by atoms with van der Waals surface area (Å²) in [6.07, 6.45) is 0. The minimum atomic E-state index is -0.479. The van der Waals surface area contributed by atoms with Crippen LogP contribution in [0.2, 0.25) is 5.15 Å². The molecule has 0 saturated carbocycles. The number of aromatic nitrogens is 3. The Morgan fingerprint density at radius 1 is 1.03 bits per heavy atom. The van der Waals surface area contributed by atoms with Gasteiger partial charge in [0, 0.05) is 11.6 Å². The van der Waals surface area contributed by atoms with Gasteiger partial charge in [-0.25, -0.2) is 4.98 Å². The molecule has 2 heterocycles. The van der Waals surface area contributed by atoms with Crippen LogP contribution in [-0.4, -0.2) is 41.9 Å². The quantitative estimate of drug-likeness (QED) is 0.532. The minimum absolute atomic E-state index is 0.168. The van der Waals surface area contributed by atoms with E-state index in [4.69, 9.17) is 25.8 Å². The fraction of sp³-hybridized carbons (Fsp3) is 0.238. The highest BCUT2D eigenvalue weighted by atomic mass is 35.5. The fourth-order valence-electron chi connectivity index (χ4n) is 2.78. The molecule has 2 aromatic heterocycles. The molecule has 1 amide bonds. The molecule has 0 spiro atoms. The minimum Gasteiger partial charge on any atom is -0.494 e. The van der Waals surface area contributed by atoms with Crippen LogP contribution < -0.4 is 24.8 Å². The Bertz CT molecular complexity index is 1070. The zero-order valence-corrected chi connectivity index (χ0v) is 18.3. The zero-order valence-electron chi connectivity index (χ0n) is 17.5. The average Bonchev–Trinajstić information content (AvgIpc) is 2.79. The highest BCUT2D eigenvalue weighted by Crippen LogP contribution is 2.39. The largest absolute Gasteiger partial charge is 0.494 e. The van der Waals surface area contributed by atoms with Crippen LogP contribution in [0.3, 0.4) is 0 Å². The van der Waals surface area contributed by atoms with Crippen LogP contribution in [0.5, 0.6) is 17.4 Å². The first-order chi connectivity index (χ1) is 15.0. The summed E-state index contributed by atoms with van der Waals surface area (Å²) in [6, 6.07) is 10.3. The number of carbonyl (C=O) groups is 1. The van der Waals surface area contributed by atoms with Gasteiger partial charge in [0.2, 0.25) is 5.88 Å². The molecule has 0 unspecified atom stereocenters. The maximum absolute atomic E-state index is 12.8. The van der Waals surface area contributed by atoms with Crippen LogP contribution in [0.25, 0.3) is 0 Å². The molecule has 0 aliphatic carbocycles. The molecular weight excluding hydrogens is 422 g/mol. The van der Waals surface area contributed by atoms with Gasteiger partial charge in [0.15, 0.2) is 11.0 Å². The lowest BCUT2D eigenvalue weighted by molar-refractivity contribution is 0.102. The summed E-state index contributed by atoms with van der Waals surface area (Å²) in [5.74, 6) is 1.12. The molecule has 0 atom stereocenters. The highest BCUT2D eigenvalue weighted by Gasteiger charge is 2.20. The molecule has 0 aliphatic rings. The number of hydrogen-bond acceptors (Lipinski definition) is 8. The summed E-state index contributed by atoms with van der Waals surface area (Å²) < 4.78 is 16.2. The van der Waals surface area contributed by atoms with Crippen LogP contribution in [-0.2, 0) is 0 Å². The predicted molar refractivity (Wildman–Crippen MR) is 118 cm³/mol. The lowest BCUT2D eigenvalue weighted by atomic mass is 10.2. The second-order valence-electron chi connectivity index (χ2n) is 6.25. The lowest BCUT2D eigenvalue weighted by Gasteiger charge is -2.18. The molecule has 0 fully saturated rings. The number of para-hydroxylation sites is 1. The number of halogens is 1. The molecule has 3 aromatic rings. The molecule has 1 aromatic carbocycles. The maximum atomic E-state index is 12.8. The van der Waals surface area contributed by atoms with Crippen molar-refractivity contribution in [3.05, 3.63) is 52.8 Å². The first-order valence-corrected chi connectivity index (χ1v) is 9.78. The third kappa shape index (κ3) is 4.95. The van der Waals surface area contributed by atoms with Gasteiger partial charge in [0.05, 0.1) is 26.5 Å². The molecular formula is C21H22ClN5O4. The Hall–Kier alpha value is -3.59. The van der Waals surface area contributed by atoms with Gasteiger partial charge in [0.25, 0.3) is 5.91 Å². The van der Waals surface area contributed by atoms with Crippen LogP contribution in [0.15, 0.2) is 36.4 Å². The van der Waals surface area contributed by atoms with Crippen molar-refractivity contribution < 1.29 is 19.0 Å². The summed E-state index contributed by atoms with van der Waals surface area (Å²) in [4.78, 5) is 17.0. The first-order valence-electron chi connectivity index (χ1n) is 9.40. The van der Waals surface area contributed by atoms with Crippen molar-refractivity contribution in [2.45, 2.75) is 13.8 Å². The molecule has 0 saturated heterocycles. The fourth-order valence-corrected chi connectivity index (χ4v) is 2.91. The Balaban J connectivity index is 1.98. The molecule has 0 bridgehead atoms. The SMILES string of the molecule is CCOc1cccc(C(=O)Nc2nnc(Cl)c(C)c2Nc2c(OC)cccc2OC)n1. The van der Waals surface area contributed by atoms with Gasteiger partial charge >= 0.3 is 0 Å². The topological polar surface area (TPSA) is 107 Å². The summed E-state index contributed by atoms with van der Waals surface area (Å²) in [5.41, 5.74) is 1.74. The Morgan fingerprint density at radius 3 is 2.35 bits per heavy atom. The molecule has 3 rings (SSSR count). The van der Waals surface area contributed by atoms with Crippen LogP contribution in [0, 0.1) is 6.92 Å². The normalized spacial score (nSPS) is 10.4. The van der Waals surface area contributed by atoms with Gasteiger partial charge < -0.3 is 24.8 Å². The second-order valence-corrected chi connectivity index (χ2v) is 6.61. The lowest BCUT2D eigenvalue weighted by Crippen LogP contribution is -2.17. The number of methoxy groups -OCH3 is 2. The zero-order chi connectivity index (χ0) is 22.4. The van der Waals surface area contributed by atoms with E-state index in [1.54, 1.807) is 57.5 Å². The van der Waals surface area contributed by atoms with Gasteiger partial charge in [-0.05, 0) is 32.0 Å². The third-order valence-electron chi connectivity index (χ3n) is 4.32. The van der Waals surface area contributed by atoms with E-state index in [1.165, 1.54) is 0 Å². The third-order valence-corrected chi connectivity index (χ3v) is 4.68. The van der Waals surface area contributed by atoms with Crippen molar-refractivity contribution in [1.82, 2.24) is 15.2 Å². The number of benzene rings is 1. The van der Waals surface area contributed by atoms with Gasteiger partial charge in [0.1, 0.15) is 22.9 Å². The monoisotopic (exact) mass is 443 g/mol. The van der Waals surface area contributed by atoms with Gasteiger partial charge in [-0.3, -0.25) is 4.79 Å². The number of pyridine rings is 1. The van der Waals surface area contributed by atoms with Crippen LogP contribution >= 0.6 is 11.6 Å². The maximum Gasteiger partial charge on any atom is 0.275 e. The molecule has 9 nitrogen and oxygen atoms in total. The Kier molecular flexibility index (Phi) is 7.09. The molecule has 162 valence electrons. The predicted octanol–water partition coefficient (Wildman–Crippen LogP) is 4.25. The van der Waals surface area contributed by atoms with E-state index in [-0.39, 0.29) is 16.7 Å². The number of ether oxygens (including phenoxy) is 3. The van der Waals surface area contributed by atoms with Gasteiger partial charge in [-0.2, -0.15) is 0 Å². The van der Waals surface area contributed by atoms with E-state index in [0.29, 0.717) is 40.9 Å². The number of amides is 1. The smallest absolute Gasteiger partial charge is 0.275 e. The molecule has 0 aliphatic heterocycles. The van der Waals surface area contributed by atoms with Crippen molar-refractivity contribution in [3.63, 3.8) is 0 Å². The number of carbonyl (C=O) groups excluding carboxylic acids is 1. The van der Waals surface area contributed by atoms with E-state index < -0.39 is 5.91 Å². The van der Waals surface area contributed by atoms with E-state index in [0.717, 1.165) is 0 Å². The number of nitrogens with zero attached hydrogens (tertiary/aromatic N) is 3. The van der Waals surface area contributed by atoms with Crippen molar-refractivity contribution in [1.29, 1.82) is 0 Å². The molecule has 31 heavy (non-hydrogen) atoms. The average molecular weight is 444 g/mol. The summed E-state index contributed by atoms with van der Waals surface area (Å²) in [6.45, 7) is 4.03. The van der Waals surface area contributed by atoms with Crippen LogP contribution in [0.4, 0.5) is 17.2 Å². The summed E-state index contributed by atoms with van der Waals surface area (Å²) in [7, 11) is 3.09. The van der Waals surface area contributed by atoms with Crippen molar-refractivity contribution in [3.8, 4) is 17.4 Å². The molecule has 0 radical (unpaired) electrons. The second kappa shape index (κ2) is 9.94. The Morgan fingerprint density at radius 2 is 1.71 bits per heavy atom. The van der Waals surface area contributed by atoms with Gasteiger partial charge in [-0.1, -0.05) is 23.7 Å². The van der Waals surface area contributed by atoms with E-state index in [2.05, 4.69) is 25.8 Å². The number of nitrogens with one attached hydrogen (secondary N) is 2. The highest BCUT2D eigenvalue weighted by molar-refractivity contribution is 6.30. The molecule has 10 heteroatoms. The van der Waals surface area contributed by atoms with Crippen molar-refractivity contribution in [2.75, 3.05) is 31.5 Å². The molecule has 2 N–H and O–H groups in total. The van der Waals surface area contributed by atoms with Gasteiger partial charge in [-0.15, -0.1) is 10.2 Å². The first kappa shape index (κ1) is 22.1. The summed E-state index contributed by atoms with van der Waals surface area (Å²) >= 11 is 6.19. The summed E-state index contributed by atoms with van der Waals surface area (Å²) in [5, 5.41) is 14.1.